The molecule has 0 heterocycles. The second-order valence-electron chi connectivity index (χ2n) is 8.13. The van der Waals surface area contributed by atoms with E-state index in [0.717, 1.165) is 12.1 Å². The minimum atomic E-state index is -5.41. The number of alkyl halides is 3. The molecule has 0 saturated carbocycles. The number of amides is 1. The Labute approximate surface area is 230 Å². The number of benzene rings is 3. The molecular formula is C26H23F4N5O6. The second-order valence-corrected chi connectivity index (χ2v) is 8.13. The van der Waals surface area contributed by atoms with Crippen molar-refractivity contribution in [2.24, 2.45) is 5.73 Å². The van der Waals surface area contributed by atoms with Gasteiger partial charge in [-0.25, -0.2) is 14.0 Å². The number of halogens is 4. The van der Waals surface area contributed by atoms with Crippen LogP contribution in [0, 0.1) is 11.2 Å². The molecule has 0 radical (unpaired) electrons. The van der Waals surface area contributed by atoms with Gasteiger partial charge in [0.1, 0.15) is 17.7 Å². The van der Waals surface area contributed by atoms with Gasteiger partial charge in [-0.1, -0.05) is 12.1 Å². The Kier molecular flexibility index (Phi) is 9.34. The fourth-order valence-corrected chi connectivity index (χ4v) is 3.46. The molecule has 0 saturated heterocycles. The lowest BCUT2D eigenvalue weighted by molar-refractivity contribution is -0.193. The summed E-state index contributed by atoms with van der Waals surface area (Å²) in [6.07, 6.45) is -5.41. The molecule has 3 rings (SSSR count). The van der Waals surface area contributed by atoms with E-state index in [0.29, 0.717) is 11.3 Å². The second kappa shape index (κ2) is 12.7. The Morgan fingerprint density at radius 1 is 0.951 bits per heavy atom. The third-order valence-electron chi connectivity index (χ3n) is 5.47. The van der Waals surface area contributed by atoms with Crippen LogP contribution in [0.1, 0.15) is 27.5 Å². The van der Waals surface area contributed by atoms with Crippen LogP contribution in [0.5, 0.6) is 11.5 Å². The summed E-state index contributed by atoms with van der Waals surface area (Å²) in [5.74, 6) is -6.16. The summed E-state index contributed by atoms with van der Waals surface area (Å²) in [5.41, 5.74) is 9.89. The predicted molar refractivity (Wildman–Crippen MR) is 138 cm³/mol. The molecule has 41 heavy (non-hydrogen) atoms. The lowest BCUT2D eigenvalue weighted by Gasteiger charge is -2.22. The van der Waals surface area contributed by atoms with Crippen molar-refractivity contribution in [3.05, 3.63) is 83.2 Å². The van der Waals surface area contributed by atoms with Crippen molar-refractivity contribution >= 4 is 35.1 Å². The minimum absolute atomic E-state index is 0.0534. The first-order valence-corrected chi connectivity index (χ1v) is 11.5. The molecule has 0 spiro atoms. The monoisotopic (exact) mass is 577 g/mol. The molecule has 1 atom stereocenters. The first-order valence-electron chi connectivity index (χ1n) is 11.5. The van der Waals surface area contributed by atoms with Crippen LogP contribution in [-0.2, 0) is 14.3 Å². The van der Waals surface area contributed by atoms with Crippen LogP contribution >= 0.6 is 0 Å². The van der Waals surface area contributed by atoms with Gasteiger partial charge in [0.15, 0.2) is 11.5 Å². The molecule has 0 aliphatic heterocycles. The van der Waals surface area contributed by atoms with E-state index in [9.17, 15) is 27.6 Å². The third kappa shape index (κ3) is 7.40. The van der Waals surface area contributed by atoms with Gasteiger partial charge < -0.3 is 25.3 Å². The molecule has 3 aromatic carbocycles. The number of nitrogens with two attached hydrogens (primary N) is 1. The smallest absolute Gasteiger partial charge is 0.491 e. The topological polar surface area (TPSA) is 165 Å². The number of hydrazine groups is 1. The van der Waals surface area contributed by atoms with E-state index in [-0.39, 0.29) is 28.6 Å². The average molecular weight is 577 g/mol. The highest BCUT2D eigenvalue weighted by Crippen LogP contribution is 2.34. The first-order chi connectivity index (χ1) is 19.3. The van der Waals surface area contributed by atoms with E-state index in [1.165, 1.54) is 62.8 Å². The standard InChI is InChI=1S/C26H23F4N5O6/c1-39-19-11-16(17(27)12-20(19)40-2)21(33-14-9-7-13(8-10-14)22(31)32)23(36)35-34-18-6-4-3-5-15(18)24(37)41-25(38)26(28,29)30/h3-12,21,33-34H,1-2H3,(H3,31,32)(H,35,36). The Morgan fingerprint density at radius 3 is 2.15 bits per heavy atom. The van der Waals surface area contributed by atoms with Gasteiger partial charge in [-0.15, -0.1) is 0 Å². The van der Waals surface area contributed by atoms with Gasteiger partial charge in [0, 0.05) is 22.9 Å². The molecule has 0 bridgehead atoms. The Morgan fingerprint density at radius 2 is 1.56 bits per heavy atom. The number of carbonyl (C=O) groups excluding carboxylic acids is 3. The van der Waals surface area contributed by atoms with E-state index in [1.54, 1.807) is 0 Å². The number of ether oxygens (including phenoxy) is 3. The van der Waals surface area contributed by atoms with Gasteiger partial charge in [0.25, 0.3) is 5.91 Å². The molecule has 0 aliphatic carbocycles. The maximum atomic E-state index is 15.2. The quantitative estimate of drug-likeness (QED) is 0.0604. The highest BCUT2D eigenvalue weighted by atomic mass is 19.4. The molecule has 1 amide bonds. The number of methoxy groups -OCH3 is 2. The summed E-state index contributed by atoms with van der Waals surface area (Å²) in [5, 5.41) is 10.4. The van der Waals surface area contributed by atoms with Gasteiger partial charge >= 0.3 is 18.1 Å². The fourth-order valence-electron chi connectivity index (χ4n) is 3.46. The van der Waals surface area contributed by atoms with E-state index in [4.69, 9.17) is 20.6 Å². The number of amidine groups is 1. The zero-order valence-corrected chi connectivity index (χ0v) is 21.4. The number of hydrogen-bond donors (Lipinski definition) is 5. The van der Waals surface area contributed by atoms with E-state index in [2.05, 4.69) is 20.9 Å². The number of carbonyl (C=O) groups is 3. The van der Waals surface area contributed by atoms with Crippen LogP contribution < -0.4 is 31.4 Å². The molecule has 3 aromatic rings. The van der Waals surface area contributed by atoms with Crippen molar-refractivity contribution in [1.29, 1.82) is 5.41 Å². The normalized spacial score (nSPS) is 11.6. The zero-order valence-electron chi connectivity index (χ0n) is 21.4. The summed E-state index contributed by atoms with van der Waals surface area (Å²) in [6, 6.07) is 11.7. The summed E-state index contributed by atoms with van der Waals surface area (Å²) in [7, 11) is 2.61. The lowest BCUT2D eigenvalue weighted by Crippen LogP contribution is -2.38. The maximum Gasteiger partial charge on any atom is 0.491 e. The summed E-state index contributed by atoms with van der Waals surface area (Å²) in [6.45, 7) is 0. The summed E-state index contributed by atoms with van der Waals surface area (Å²) >= 11 is 0. The van der Waals surface area contributed by atoms with Crippen LogP contribution in [0.4, 0.5) is 28.9 Å². The van der Waals surface area contributed by atoms with Crippen molar-refractivity contribution in [3.8, 4) is 11.5 Å². The van der Waals surface area contributed by atoms with Crippen LogP contribution in [0.2, 0.25) is 0 Å². The van der Waals surface area contributed by atoms with E-state index < -0.39 is 41.4 Å². The van der Waals surface area contributed by atoms with Crippen LogP contribution in [0.3, 0.4) is 0 Å². The summed E-state index contributed by atoms with van der Waals surface area (Å²) in [4.78, 5) is 36.6. The molecule has 1 unspecified atom stereocenters. The fraction of sp³-hybridized carbons (Fsp3) is 0.154. The number of esters is 2. The van der Waals surface area contributed by atoms with Gasteiger partial charge in [0.2, 0.25) is 0 Å². The predicted octanol–water partition coefficient (Wildman–Crippen LogP) is 3.67. The van der Waals surface area contributed by atoms with Crippen LogP contribution in [0.15, 0.2) is 60.7 Å². The number of rotatable bonds is 10. The number of nitrogen functional groups attached to an aromatic ring is 1. The number of para-hydroxylation sites is 1. The molecule has 0 aliphatic rings. The first kappa shape index (κ1) is 30.2. The van der Waals surface area contributed by atoms with Crippen molar-refractivity contribution in [1.82, 2.24) is 5.43 Å². The SMILES string of the molecule is COc1cc(F)c(C(Nc2ccc(C(=N)N)cc2)C(=O)NNc2ccccc2C(=O)OC(=O)C(F)(F)F)cc1OC. The van der Waals surface area contributed by atoms with Crippen molar-refractivity contribution in [3.63, 3.8) is 0 Å². The Bertz CT molecular complexity index is 1460. The molecule has 0 fully saturated rings. The Hall–Kier alpha value is -5.34. The molecule has 0 aromatic heterocycles. The number of hydrogen-bond acceptors (Lipinski definition) is 9. The minimum Gasteiger partial charge on any atom is -0.493 e. The van der Waals surface area contributed by atoms with Crippen molar-refractivity contribution < 1.29 is 46.2 Å². The largest absolute Gasteiger partial charge is 0.493 e. The molecular weight excluding hydrogens is 554 g/mol. The lowest BCUT2D eigenvalue weighted by atomic mass is 10.0. The summed E-state index contributed by atoms with van der Waals surface area (Å²) < 4.78 is 67.0. The van der Waals surface area contributed by atoms with Gasteiger partial charge in [-0.05, 0) is 42.5 Å². The van der Waals surface area contributed by atoms with Crippen molar-refractivity contribution in [2.45, 2.75) is 12.2 Å². The highest BCUT2D eigenvalue weighted by molar-refractivity contribution is 6.02. The maximum absolute atomic E-state index is 15.2. The Balaban J connectivity index is 1.92. The third-order valence-corrected chi connectivity index (χ3v) is 5.47. The van der Waals surface area contributed by atoms with E-state index in [1.807, 2.05) is 0 Å². The molecule has 15 heteroatoms. The average Bonchev–Trinajstić information content (AvgIpc) is 2.94. The van der Waals surface area contributed by atoms with Crippen LogP contribution in [-0.4, -0.2) is 44.1 Å². The van der Waals surface area contributed by atoms with Gasteiger partial charge in [0.05, 0.1) is 25.5 Å². The van der Waals surface area contributed by atoms with Gasteiger partial charge in [-0.3, -0.25) is 21.1 Å². The molecule has 216 valence electrons. The number of anilines is 2. The van der Waals surface area contributed by atoms with E-state index >= 15 is 4.39 Å². The van der Waals surface area contributed by atoms with Crippen molar-refractivity contribution in [2.75, 3.05) is 25.0 Å². The van der Waals surface area contributed by atoms with Gasteiger partial charge in [-0.2, -0.15) is 13.2 Å². The molecule has 11 nitrogen and oxygen atoms in total. The number of nitrogens with one attached hydrogen (secondary N) is 4. The highest BCUT2D eigenvalue weighted by Gasteiger charge is 2.42. The van der Waals surface area contributed by atoms with Crippen LogP contribution in [0.25, 0.3) is 0 Å². The zero-order chi connectivity index (χ0) is 30.3. The molecule has 6 N–H and O–H groups in total.